The summed E-state index contributed by atoms with van der Waals surface area (Å²) in [6.45, 7) is 7.78. The van der Waals surface area contributed by atoms with Gasteiger partial charge in [-0.1, -0.05) is 38.4 Å². The maximum absolute atomic E-state index is 13.2. The molecule has 0 heterocycles. The van der Waals surface area contributed by atoms with Gasteiger partial charge < -0.3 is 18.9 Å². The molecule has 5 nitrogen and oxygen atoms in total. The van der Waals surface area contributed by atoms with Gasteiger partial charge in [-0.15, -0.1) is 0 Å². The van der Waals surface area contributed by atoms with Crippen LogP contribution in [0.2, 0.25) is 5.02 Å². The molecule has 0 aromatic heterocycles. The first-order valence-electron chi connectivity index (χ1n) is 10.3. The minimum atomic E-state index is -0.239. The van der Waals surface area contributed by atoms with E-state index in [2.05, 4.69) is 0 Å². The molecule has 0 bridgehead atoms. The number of ether oxygens (including phenoxy) is 4. The van der Waals surface area contributed by atoms with Gasteiger partial charge in [0.05, 0.1) is 42.8 Å². The van der Waals surface area contributed by atoms with Crippen molar-refractivity contribution in [2.24, 2.45) is 0 Å². The van der Waals surface area contributed by atoms with Crippen LogP contribution in [0.25, 0.3) is 0 Å². The fourth-order valence-electron chi connectivity index (χ4n) is 2.71. The van der Waals surface area contributed by atoms with Crippen LogP contribution in [0, 0.1) is 0 Å². The number of methoxy groups -OCH3 is 1. The summed E-state index contributed by atoms with van der Waals surface area (Å²) in [5, 5.41) is 1.08. The van der Waals surface area contributed by atoms with E-state index in [0.717, 1.165) is 19.3 Å². The molecule has 0 amide bonds. The predicted molar refractivity (Wildman–Crippen MR) is 124 cm³/mol. The second kappa shape index (κ2) is 14.6. The molecule has 2 aromatic carbocycles. The minimum Gasteiger partial charge on any atom is -0.496 e. The Morgan fingerprint density at radius 3 is 1.97 bits per heavy atom. The number of benzene rings is 2. The van der Waals surface area contributed by atoms with E-state index in [1.807, 2.05) is 32.9 Å². The van der Waals surface area contributed by atoms with Gasteiger partial charge >= 0.3 is 18.9 Å². The van der Waals surface area contributed by atoms with Crippen LogP contribution in [0.15, 0.2) is 30.3 Å². The fraction of sp³-hybridized carbons (Fsp3) is 0.435. The Kier molecular flexibility index (Phi) is 13.1. The van der Waals surface area contributed by atoms with Crippen LogP contribution in [-0.4, -0.2) is 32.5 Å². The molecule has 1 atom stereocenters. The quantitative estimate of drug-likeness (QED) is 0.340. The van der Waals surface area contributed by atoms with E-state index in [1.54, 1.807) is 18.2 Å². The van der Waals surface area contributed by atoms with Gasteiger partial charge in [0, 0.05) is 12.1 Å². The van der Waals surface area contributed by atoms with Crippen LogP contribution in [0.4, 0.5) is 0 Å². The molecule has 1 unspecified atom stereocenters. The Hall–Kier alpha value is -1.37. The van der Waals surface area contributed by atoms with Crippen molar-refractivity contribution in [3.05, 3.63) is 40.9 Å². The standard InChI is InChI=1S/C23H30ClO5P.Li/c1-5-11-27-16-14-19(28-12-6-2)22(20(15-16)29-13-7-3)30-23(25)21-17(24)9-8-10-18(21)26-4;/h8-10,14-15,30H,5-7,11-13H2,1-4H3;/q;+1. The van der Waals surface area contributed by atoms with Crippen LogP contribution in [0.3, 0.4) is 0 Å². The number of hydrogen-bond acceptors (Lipinski definition) is 5. The van der Waals surface area contributed by atoms with Crippen LogP contribution in [-0.2, 0) is 0 Å². The maximum atomic E-state index is 13.2. The summed E-state index contributed by atoms with van der Waals surface area (Å²) in [6.07, 6.45) is 2.59. The molecule has 0 aliphatic heterocycles. The van der Waals surface area contributed by atoms with Gasteiger partial charge in [0.1, 0.15) is 23.0 Å². The summed E-state index contributed by atoms with van der Waals surface area (Å²) in [6, 6.07) is 8.85. The summed E-state index contributed by atoms with van der Waals surface area (Å²) in [7, 11) is 1.29. The molecule has 0 fully saturated rings. The molecule has 0 saturated heterocycles. The molecular formula is C23H30ClLiO5P+. The van der Waals surface area contributed by atoms with Gasteiger partial charge in [-0.05, 0) is 40.0 Å². The zero-order valence-corrected chi connectivity index (χ0v) is 20.8. The van der Waals surface area contributed by atoms with Crippen LogP contribution >= 0.6 is 20.2 Å². The molecule has 8 heteroatoms. The summed E-state index contributed by atoms with van der Waals surface area (Å²) in [5.41, 5.74) is 0.233. The summed E-state index contributed by atoms with van der Waals surface area (Å²) in [4.78, 5) is 13.2. The first kappa shape index (κ1) is 27.7. The largest absolute Gasteiger partial charge is 1.00 e. The van der Waals surface area contributed by atoms with E-state index in [1.165, 1.54) is 7.11 Å². The number of halogens is 1. The van der Waals surface area contributed by atoms with Crippen molar-refractivity contribution < 1.29 is 42.6 Å². The molecule has 0 saturated carbocycles. The Morgan fingerprint density at radius 1 is 0.903 bits per heavy atom. The van der Waals surface area contributed by atoms with Crippen LogP contribution < -0.4 is 43.1 Å². The molecule has 31 heavy (non-hydrogen) atoms. The first-order valence-corrected chi connectivity index (χ1v) is 11.6. The third-order valence-corrected chi connectivity index (χ3v) is 5.63. The Balaban J connectivity index is 0.00000480. The van der Waals surface area contributed by atoms with Crippen molar-refractivity contribution in [3.63, 3.8) is 0 Å². The fourth-order valence-corrected chi connectivity index (χ4v) is 4.19. The van der Waals surface area contributed by atoms with Gasteiger partial charge in [0.2, 0.25) is 0 Å². The molecule has 2 rings (SSSR count). The second-order valence-electron chi connectivity index (χ2n) is 6.61. The summed E-state index contributed by atoms with van der Waals surface area (Å²) < 4.78 is 23.1. The maximum Gasteiger partial charge on any atom is 1.00 e. The summed E-state index contributed by atoms with van der Waals surface area (Å²) in [5.74, 6) is 2.34. The van der Waals surface area contributed by atoms with Gasteiger partial charge in [0.15, 0.2) is 5.52 Å². The third kappa shape index (κ3) is 7.92. The predicted octanol–water partition coefficient (Wildman–Crippen LogP) is 2.86. The van der Waals surface area contributed by atoms with Crippen molar-refractivity contribution in [3.8, 4) is 23.0 Å². The SMILES string of the molecule is CCCOc1cc(OCCC)c(PC(=O)c2c(Cl)cccc2OC)c(OCCC)c1.[Li+]. The minimum absolute atomic E-state index is 0. The van der Waals surface area contributed by atoms with E-state index in [-0.39, 0.29) is 33.0 Å². The third-order valence-electron chi connectivity index (χ3n) is 4.10. The number of carbonyl (C=O) groups is 1. The number of hydrogen-bond donors (Lipinski definition) is 0. The molecular weight excluding hydrogens is 430 g/mol. The van der Waals surface area contributed by atoms with E-state index in [9.17, 15) is 4.79 Å². The number of carbonyl (C=O) groups excluding carboxylic acids is 1. The van der Waals surface area contributed by atoms with Gasteiger partial charge in [-0.3, -0.25) is 4.79 Å². The molecule has 164 valence electrons. The molecule has 0 radical (unpaired) electrons. The second-order valence-corrected chi connectivity index (χ2v) is 8.22. The van der Waals surface area contributed by atoms with Gasteiger partial charge in [0.25, 0.3) is 0 Å². The number of rotatable bonds is 13. The van der Waals surface area contributed by atoms with E-state index < -0.39 is 0 Å². The van der Waals surface area contributed by atoms with E-state index in [0.29, 0.717) is 58.7 Å². The van der Waals surface area contributed by atoms with Crippen molar-refractivity contribution >= 4 is 31.0 Å². The normalized spacial score (nSPS) is 10.6. The van der Waals surface area contributed by atoms with Gasteiger partial charge in [-0.25, -0.2) is 0 Å². The average Bonchev–Trinajstić information content (AvgIpc) is 2.75. The molecule has 0 aliphatic rings. The van der Waals surface area contributed by atoms with Crippen LogP contribution in [0.5, 0.6) is 23.0 Å². The van der Waals surface area contributed by atoms with Gasteiger partial charge in [-0.2, -0.15) is 0 Å². The van der Waals surface area contributed by atoms with Crippen molar-refractivity contribution in [1.82, 2.24) is 0 Å². The first-order chi connectivity index (χ1) is 14.5. The topological polar surface area (TPSA) is 54.0 Å². The zero-order chi connectivity index (χ0) is 21.9. The van der Waals surface area contributed by atoms with Crippen molar-refractivity contribution in [1.29, 1.82) is 0 Å². The Labute approximate surface area is 204 Å². The Morgan fingerprint density at radius 2 is 1.45 bits per heavy atom. The molecule has 0 N–H and O–H groups in total. The van der Waals surface area contributed by atoms with Crippen molar-refractivity contribution in [2.75, 3.05) is 26.9 Å². The zero-order valence-electron chi connectivity index (χ0n) is 19.0. The Bertz CT molecular complexity index is 818. The van der Waals surface area contributed by atoms with Crippen LogP contribution in [0.1, 0.15) is 50.4 Å². The summed E-state index contributed by atoms with van der Waals surface area (Å²) >= 11 is 6.32. The smallest absolute Gasteiger partial charge is 0.496 e. The van der Waals surface area contributed by atoms with E-state index >= 15 is 0 Å². The van der Waals surface area contributed by atoms with Crippen molar-refractivity contribution in [2.45, 2.75) is 40.0 Å². The molecule has 0 aliphatic carbocycles. The molecule has 2 aromatic rings. The molecule has 0 spiro atoms. The average molecular weight is 460 g/mol. The monoisotopic (exact) mass is 459 g/mol. The van der Waals surface area contributed by atoms with E-state index in [4.69, 9.17) is 30.5 Å².